The molecular formula is C26H31N5O3. The molecule has 1 fully saturated rings. The molecule has 0 amide bonds. The first-order valence-corrected chi connectivity index (χ1v) is 11.6. The van der Waals surface area contributed by atoms with Crippen molar-refractivity contribution in [3.8, 4) is 5.88 Å². The van der Waals surface area contributed by atoms with Crippen molar-refractivity contribution in [2.24, 2.45) is 5.73 Å². The molecule has 0 unspecified atom stereocenters. The van der Waals surface area contributed by atoms with Crippen LogP contribution in [0.25, 0.3) is 10.8 Å². The summed E-state index contributed by atoms with van der Waals surface area (Å²) < 4.78 is 11.7. The highest BCUT2D eigenvalue weighted by Crippen LogP contribution is 2.43. The van der Waals surface area contributed by atoms with Crippen LogP contribution in [0.3, 0.4) is 0 Å². The Morgan fingerprint density at radius 2 is 1.82 bits per heavy atom. The van der Waals surface area contributed by atoms with Crippen molar-refractivity contribution < 1.29 is 14.3 Å². The summed E-state index contributed by atoms with van der Waals surface area (Å²) in [6.07, 6.45) is 5.87. The van der Waals surface area contributed by atoms with Crippen molar-refractivity contribution in [1.29, 1.82) is 0 Å². The summed E-state index contributed by atoms with van der Waals surface area (Å²) in [5, 5.41) is 5.06. The van der Waals surface area contributed by atoms with Crippen molar-refractivity contribution in [3.05, 3.63) is 47.4 Å². The minimum atomic E-state index is -0.684. The van der Waals surface area contributed by atoms with Gasteiger partial charge < -0.3 is 20.5 Å². The van der Waals surface area contributed by atoms with Crippen LogP contribution in [0.15, 0.2) is 30.6 Å². The Bertz CT molecular complexity index is 1310. The summed E-state index contributed by atoms with van der Waals surface area (Å²) in [5.74, 6) is 1.44. The minimum Gasteiger partial charge on any atom is -0.474 e. The molecule has 178 valence electrons. The van der Waals surface area contributed by atoms with Gasteiger partial charge in [-0.25, -0.2) is 19.7 Å². The van der Waals surface area contributed by atoms with Gasteiger partial charge in [-0.1, -0.05) is 13.8 Å². The van der Waals surface area contributed by atoms with Crippen molar-refractivity contribution in [2.75, 3.05) is 5.32 Å². The zero-order valence-corrected chi connectivity index (χ0v) is 20.5. The molecule has 8 nitrogen and oxygen atoms in total. The van der Waals surface area contributed by atoms with Gasteiger partial charge in [0.25, 0.3) is 0 Å². The van der Waals surface area contributed by atoms with Crippen LogP contribution in [0.5, 0.6) is 5.88 Å². The summed E-state index contributed by atoms with van der Waals surface area (Å²) in [4.78, 5) is 26.5. The molecule has 0 spiro atoms. The molecule has 0 saturated heterocycles. The van der Waals surface area contributed by atoms with Crippen molar-refractivity contribution in [1.82, 2.24) is 15.0 Å². The Labute approximate surface area is 199 Å². The molecule has 3 aromatic rings. The third-order valence-electron chi connectivity index (χ3n) is 7.05. The monoisotopic (exact) mass is 461 g/mol. The molecular weight excluding hydrogens is 430 g/mol. The van der Waals surface area contributed by atoms with Crippen molar-refractivity contribution in [2.45, 2.75) is 77.0 Å². The number of aromatic nitrogens is 3. The topological polar surface area (TPSA) is 112 Å². The number of nitrogens with zero attached hydrogens (tertiary/aromatic N) is 3. The number of carbonyl (C=O) groups excluding carboxylic acids is 1. The second kappa shape index (κ2) is 7.37. The molecule has 8 heteroatoms. The molecule has 3 N–H and O–H groups in total. The number of fused-ring (bicyclic) bond motifs is 2. The largest absolute Gasteiger partial charge is 0.474 e. The standard InChI is InChI=1S/C26H31N5O3/c1-24(2)21-15(23(32)34-26(24,5)6)9-10-19(31-21)30-20-11-16-17(12-28-20)22(33-14-7-8-14)29-13-18(16)25(3,4)27/h9-14H,7-8,27H2,1-6H3,(H,28,30,31). The number of carbonyl (C=O) groups is 1. The average molecular weight is 462 g/mol. The molecule has 3 aromatic heterocycles. The first kappa shape index (κ1) is 22.5. The third kappa shape index (κ3) is 3.76. The van der Waals surface area contributed by atoms with Gasteiger partial charge in [-0.3, -0.25) is 0 Å². The smallest absolute Gasteiger partial charge is 0.340 e. The number of pyridine rings is 3. The molecule has 1 saturated carbocycles. The molecule has 0 bridgehead atoms. The van der Waals surface area contributed by atoms with E-state index in [0.717, 1.165) is 29.2 Å². The fraction of sp³-hybridized carbons (Fsp3) is 0.462. The Morgan fingerprint density at radius 3 is 2.50 bits per heavy atom. The minimum absolute atomic E-state index is 0.226. The zero-order chi connectivity index (χ0) is 24.5. The summed E-state index contributed by atoms with van der Waals surface area (Å²) >= 11 is 0. The van der Waals surface area contributed by atoms with Gasteiger partial charge in [0.2, 0.25) is 5.88 Å². The van der Waals surface area contributed by atoms with E-state index in [1.807, 2.05) is 47.6 Å². The van der Waals surface area contributed by atoms with Gasteiger partial charge in [0.05, 0.1) is 16.6 Å². The van der Waals surface area contributed by atoms with Crippen LogP contribution in [-0.2, 0) is 15.7 Å². The zero-order valence-electron chi connectivity index (χ0n) is 20.5. The van der Waals surface area contributed by atoms with E-state index in [4.69, 9.17) is 20.2 Å². The Kier molecular flexibility index (Phi) is 4.88. The predicted molar refractivity (Wildman–Crippen MR) is 130 cm³/mol. The number of cyclic esters (lactones) is 1. The molecule has 1 aliphatic carbocycles. The lowest BCUT2D eigenvalue weighted by Crippen LogP contribution is -2.51. The van der Waals surface area contributed by atoms with Crippen LogP contribution in [0.1, 0.15) is 76.0 Å². The fourth-order valence-electron chi connectivity index (χ4n) is 4.13. The Balaban J connectivity index is 1.55. The highest BCUT2D eigenvalue weighted by atomic mass is 16.6. The van der Waals surface area contributed by atoms with Crippen molar-refractivity contribution in [3.63, 3.8) is 0 Å². The van der Waals surface area contributed by atoms with E-state index in [1.165, 1.54) is 0 Å². The number of ether oxygens (including phenoxy) is 2. The number of nitrogens with one attached hydrogen (secondary N) is 1. The summed E-state index contributed by atoms with van der Waals surface area (Å²) in [7, 11) is 0. The van der Waals surface area contributed by atoms with Gasteiger partial charge in [-0.2, -0.15) is 0 Å². The Hall–Kier alpha value is -3.26. The van der Waals surface area contributed by atoms with E-state index in [9.17, 15) is 4.79 Å². The number of hydrogen-bond acceptors (Lipinski definition) is 8. The number of nitrogens with two attached hydrogens (primary N) is 1. The molecule has 5 rings (SSSR count). The van der Waals surface area contributed by atoms with Crippen LogP contribution < -0.4 is 15.8 Å². The summed E-state index contributed by atoms with van der Waals surface area (Å²) in [6, 6.07) is 5.47. The average Bonchev–Trinajstić information content (AvgIpc) is 3.55. The highest BCUT2D eigenvalue weighted by Gasteiger charge is 2.49. The lowest BCUT2D eigenvalue weighted by Gasteiger charge is -2.44. The van der Waals surface area contributed by atoms with E-state index in [-0.39, 0.29) is 12.1 Å². The number of hydrogen-bond donors (Lipinski definition) is 2. The van der Waals surface area contributed by atoms with Crippen molar-refractivity contribution >= 4 is 28.4 Å². The molecule has 4 heterocycles. The van der Waals surface area contributed by atoms with Gasteiger partial charge in [0.1, 0.15) is 23.3 Å². The third-order valence-corrected chi connectivity index (χ3v) is 7.05. The van der Waals surface area contributed by atoms with Crippen LogP contribution in [0, 0.1) is 0 Å². The van der Waals surface area contributed by atoms with E-state index < -0.39 is 16.6 Å². The predicted octanol–water partition coefficient (Wildman–Crippen LogP) is 4.73. The first-order valence-electron chi connectivity index (χ1n) is 11.6. The van der Waals surface area contributed by atoms with E-state index in [0.29, 0.717) is 28.8 Å². The lowest BCUT2D eigenvalue weighted by molar-refractivity contribution is -0.0446. The molecule has 2 aliphatic rings. The second-order valence-corrected chi connectivity index (χ2v) is 10.9. The van der Waals surface area contributed by atoms with E-state index in [1.54, 1.807) is 24.5 Å². The lowest BCUT2D eigenvalue weighted by atomic mass is 9.71. The molecule has 0 atom stereocenters. The van der Waals surface area contributed by atoms with Crippen LogP contribution in [0.2, 0.25) is 0 Å². The van der Waals surface area contributed by atoms with E-state index in [2.05, 4.69) is 15.3 Å². The van der Waals surface area contributed by atoms with Gasteiger partial charge in [0.15, 0.2) is 0 Å². The van der Waals surface area contributed by atoms with E-state index >= 15 is 0 Å². The SMILES string of the molecule is CC(C)(N)c1cnc(OC2CC2)c2cnc(Nc3ccc4c(n3)C(C)(C)C(C)(C)OC4=O)cc12. The summed E-state index contributed by atoms with van der Waals surface area (Å²) in [5.41, 5.74) is 6.80. The van der Waals surface area contributed by atoms with Crippen LogP contribution >= 0.6 is 0 Å². The highest BCUT2D eigenvalue weighted by molar-refractivity contribution is 5.94. The number of anilines is 2. The van der Waals surface area contributed by atoms with Gasteiger partial charge in [-0.15, -0.1) is 0 Å². The number of rotatable bonds is 5. The van der Waals surface area contributed by atoms with Crippen LogP contribution in [-0.4, -0.2) is 32.6 Å². The molecule has 1 aliphatic heterocycles. The number of esters is 1. The maximum Gasteiger partial charge on any atom is 0.340 e. The molecule has 34 heavy (non-hydrogen) atoms. The van der Waals surface area contributed by atoms with Gasteiger partial charge >= 0.3 is 5.97 Å². The second-order valence-electron chi connectivity index (χ2n) is 10.9. The maximum absolute atomic E-state index is 12.5. The quantitative estimate of drug-likeness (QED) is 0.525. The normalized spacial score (nSPS) is 18.9. The maximum atomic E-state index is 12.5. The van der Waals surface area contributed by atoms with Crippen LogP contribution in [0.4, 0.5) is 11.6 Å². The molecule has 0 aromatic carbocycles. The molecule has 0 radical (unpaired) electrons. The fourth-order valence-corrected chi connectivity index (χ4v) is 4.13. The van der Waals surface area contributed by atoms with Gasteiger partial charge in [0, 0.05) is 23.3 Å². The first-order chi connectivity index (χ1) is 15.9. The Morgan fingerprint density at radius 1 is 1.09 bits per heavy atom. The summed E-state index contributed by atoms with van der Waals surface area (Å²) in [6.45, 7) is 11.8. The van der Waals surface area contributed by atoms with Gasteiger partial charge in [-0.05, 0) is 69.7 Å².